The van der Waals surface area contributed by atoms with Gasteiger partial charge < -0.3 is 10.6 Å². The van der Waals surface area contributed by atoms with Crippen LogP contribution in [0.3, 0.4) is 0 Å². The summed E-state index contributed by atoms with van der Waals surface area (Å²) in [5, 5.41) is 16.9. The lowest BCUT2D eigenvalue weighted by molar-refractivity contribution is -0.384. The van der Waals surface area contributed by atoms with Crippen molar-refractivity contribution >= 4 is 24.0 Å². The number of nitro groups is 1. The number of non-ortho nitro benzene ring substituents is 1. The lowest BCUT2D eigenvalue weighted by atomic mass is 9.90. The van der Waals surface area contributed by atoms with Gasteiger partial charge in [-0.2, -0.15) is 0 Å². The molecule has 0 atom stereocenters. The van der Waals surface area contributed by atoms with Gasteiger partial charge in [0.2, 0.25) is 0 Å². The molecule has 0 bridgehead atoms. The van der Waals surface area contributed by atoms with Crippen LogP contribution in [0.1, 0.15) is 30.1 Å². The zero-order chi connectivity index (χ0) is 13.9. The van der Waals surface area contributed by atoms with E-state index in [0.29, 0.717) is 5.56 Å². The number of hydrogen-bond acceptors (Lipinski definition) is 4. The summed E-state index contributed by atoms with van der Waals surface area (Å²) >= 11 is 0. The highest BCUT2D eigenvalue weighted by Gasteiger charge is 2.28. The molecule has 1 saturated heterocycles. The van der Waals surface area contributed by atoms with Gasteiger partial charge in [-0.25, -0.2) is 0 Å². The number of nitro benzene ring substituents is 1. The highest BCUT2D eigenvalue weighted by atomic mass is 35.5. The van der Waals surface area contributed by atoms with Gasteiger partial charge in [0.25, 0.3) is 11.6 Å². The van der Waals surface area contributed by atoms with Crippen molar-refractivity contribution in [2.24, 2.45) is 0 Å². The van der Waals surface area contributed by atoms with E-state index in [1.807, 2.05) is 6.92 Å². The summed E-state index contributed by atoms with van der Waals surface area (Å²) < 4.78 is 0. The van der Waals surface area contributed by atoms with Gasteiger partial charge in [0.05, 0.1) is 4.92 Å². The Kier molecular flexibility index (Phi) is 5.47. The number of carbonyl (C=O) groups excluding carboxylic acids is 1. The van der Waals surface area contributed by atoms with Crippen LogP contribution < -0.4 is 10.6 Å². The predicted octanol–water partition coefficient (Wildman–Crippen LogP) is 1.89. The summed E-state index contributed by atoms with van der Waals surface area (Å²) in [6.07, 6.45) is 1.71. The van der Waals surface area contributed by atoms with Gasteiger partial charge in [0.15, 0.2) is 0 Å². The molecule has 20 heavy (non-hydrogen) atoms. The molecule has 0 aliphatic carbocycles. The molecule has 6 nitrogen and oxygen atoms in total. The van der Waals surface area contributed by atoms with Gasteiger partial charge >= 0.3 is 0 Å². The fourth-order valence-electron chi connectivity index (χ4n) is 2.21. The minimum atomic E-state index is -0.497. The van der Waals surface area contributed by atoms with E-state index in [-0.39, 0.29) is 29.5 Å². The van der Waals surface area contributed by atoms with Crippen molar-refractivity contribution in [1.82, 2.24) is 10.6 Å². The highest BCUT2D eigenvalue weighted by Crippen LogP contribution is 2.19. The van der Waals surface area contributed by atoms with E-state index >= 15 is 0 Å². The Labute approximate surface area is 123 Å². The normalized spacial score (nSPS) is 16.9. The number of piperidine rings is 1. The van der Waals surface area contributed by atoms with Crippen molar-refractivity contribution in [3.05, 3.63) is 39.9 Å². The van der Waals surface area contributed by atoms with E-state index in [9.17, 15) is 14.9 Å². The number of carbonyl (C=O) groups is 1. The van der Waals surface area contributed by atoms with Gasteiger partial charge in [-0.3, -0.25) is 14.9 Å². The van der Waals surface area contributed by atoms with Crippen LogP contribution in [-0.4, -0.2) is 29.5 Å². The lowest BCUT2D eigenvalue weighted by Gasteiger charge is -2.35. The number of amides is 1. The molecule has 1 amide bonds. The summed E-state index contributed by atoms with van der Waals surface area (Å²) in [7, 11) is 0. The maximum Gasteiger partial charge on any atom is 0.270 e. The van der Waals surface area contributed by atoms with Crippen molar-refractivity contribution in [2.75, 3.05) is 13.1 Å². The second-order valence-electron chi connectivity index (χ2n) is 5.07. The fraction of sp³-hybridized carbons (Fsp3) is 0.462. The average Bonchev–Trinajstić information content (AvgIpc) is 2.39. The molecule has 0 spiro atoms. The van der Waals surface area contributed by atoms with Crippen LogP contribution in [0.5, 0.6) is 0 Å². The number of nitrogens with one attached hydrogen (secondary N) is 2. The Hall–Kier alpha value is -1.66. The first-order valence-corrected chi connectivity index (χ1v) is 6.28. The van der Waals surface area contributed by atoms with Gasteiger partial charge in [-0.1, -0.05) is 6.07 Å². The molecule has 0 unspecified atom stereocenters. The van der Waals surface area contributed by atoms with E-state index in [1.54, 1.807) is 6.07 Å². The molecule has 0 saturated carbocycles. The first-order valence-electron chi connectivity index (χ1n) is 6.28. The Morgan fingerprint density at radius 3 is 2.65 bits per heavy atom. The predicted molar refractivity (Wildman–Crippen MR) is 78.3 cm³/mol. The average molecular weight is 300 g/mol. The molecule has 1 aliphatic heterocycles. The summed E-state index contributed by atoms with van der Waals surface area (Å²) in [5.74, 6) is -0.256. The Morgan fingerprint density at radius 2 is 2.05 bits per heavy atom. The third-order valence-corrected chi connectivity index (χ3v) is 3.44. The van der Waals surface area contributed by atoms with Crippen LogP contribution in [-0.2, 0) is 0 Å². The molecule has 1 aliphatic rings. The number of benzene rings is 1. The second-order valence-corrected chi connectivity index (χ2v) is 5.07. The molecule has 0 aromatic heterocycles. The molecule has 1 aromatic carbocycles. The smallest absolute Gasteiger partial charge is 0.270 e. The minimum Gasteiger partial charge on any atom is -0.347 e. The van der Waals surface area contributed by atoms with E-state index < -0.39 is 4.92 Å². The Morgan fingerprint density at radius 1 is 1.40 bits per heavy atom. The van der Waals surface area contributed by atoms with E-state index in [2.05, 4.69) is 10.6 Å². The maximum absolute atomic E-state index is 12.1. The molecule has 1 heterocycles. The lowest BCUT2D eigenvalue weighted by Crippen LogP contribution is -2.52. The largest absolute Gasteiger partial charge is 0.347 e. The van der Waals surface area contributed by atoms with Crippen LogP contribution in [0, 0.1) is 10.1 Å². The van der Waals surface area contributed by atoms with E-state index in [4.69, 9.17) is 0 Å². The maximum atomic E-state index is 12.1. The third kappa shape index (κ3) is 3.91. The summed E-state index contributed by atoms with van der Waals surface area (Å²) in [4.78, 5) is 22.3. The number of hydrogen-bond donors (Lipinski definition) is 2. The fourth-order valence-corrected chi connectivity index (χ4v) is 2.21. The highest BCUT2D eigenvalue weighted by molar-refractivity contribution is 5.95. The SMILES string of the molecule is CC1(NC(=O)c2cccc([N+](=O)[O-])c2)CCNCC1.Cl. The van der Waals surface area contributed by atoms with Crippen molar-refractivity contribution in [1.29, 1.82) is 0 Å². The van der Waals surface area contributed by atoms with Crippen molar-refractivity contribution in [2.45, 2.75) is 25.3 Å². The van der Waals surface area contributed by atoms with Gasteiger partial charge in [-0.15, -0.1) is 12.4 Å². The quantitative estimate of drug-likeness (QED) is 0.659. The topological polar surface area (TPSA) is 84.3 Å². The first kappa shape index (κ1) is 16.4. The Bertz CT molecular complexity index is 501. The molecular weight excluding hydrogens is 282 g/mol. The second kappa shape index (κ2) is 6.67. The monoisotopic (exact) mass is 299 g/mol. The van der Waals surface area contributed by atoms with Gasteiger partial charge in [0, 0.05) is 23.2 Å². The molecule has 2 N–H and O–H groups in total. The zero-order valence-electron chi connectivity index (χ0n) is 11.2. The van der Waals surface area contributed by atoms with Crippen molar-refractivity contribution in [3.63, 3.8) is 0 Å². The summed E-state index contributed by atoms with van der Waals surface area (Å²) in [6.45, 7) is 3.74. The standard InChI is InChI=1S/C13H17N3O3.ClH/c1-13(5-7-14-8-6-13)15-12(17)10-3-2-4-11(9-10)16(18)19;/h2-4,9,14H,5-8H2,1H3,(H,15,17);1H. The summed E-state index contributed by atoms with van der Waals surface area (Å²) in [5.41, 5.74) is 0.0181. The molecule has 110 valence electrons. The Balaban J connectivity index is 0.00000200. The number of nitrogens with zero attached hydrogens (tertiary/aromatic N) is 1. The van der Waals surface area contributed by atoms with E-state index in [1.165, 1.54) is 18.2 Å². The van der Waals surface area contributed by atoms with Crippen LogP contribution in [0.2, 0.25) is 0 Å². The molecular formula is C13H18ClN3O3. The molecule has 7 heteroatoms. The molecule has 2 rings (SSSR count). The first-order chi connectivity index (χ1) is 9.00. The van der Waals surface area contributed by atoms with Crippen LogP contribution in [0.15, 0.2) is 24.3 Å². The molecule has 0 radical (unpaired) electrons. The van der Waals surface area contributed by atoms with Crippen molar-refractivity contribution in [3.8, 4) is 0 Å². The van der Waals surface area contributed by atoms with Gasteiger partial charge in [-0.05, 0) is 38.9 Å². The minimum absolute atomic E-state index is 0. The number of halogens is 1. The van der Waals surface area contributed by atoms with Crippen LogP contribution >= 0.6 is 12.4 Å². The summed E-state index contributed by atoms with van der Waals surface area (Å²) in [6, 6.07) is 5.80. The van der Waals surface area contributed by atoms with Crippen LogP contribution in [0.4, 0.5) is 5.69 Å². The third-order valence-electron chi connectivity index (χ3n) is 3.44. The van der Waals surface area contributed by atoms with Crippen LogP contribution in [0.25, 0.3) is 0 Å². The van der Waals surface area contributed by atoms with Gasteiger partial charge in [0.1, 0.15) is 0 Å². The number of rotatable bonds is 3. The van der Waals surface area contributed by atoms with Crippen molar-refractivity contribution < 1.29 is 9.72 Å². The zero-order valence-corrected chi connectivity index (χ0v) is 12.0. The molecule has 1 fully saturated rings. The van der Waals surface area contributed by atoms with E-state index in [0.717, 1.165) is 25.9 Å². The molecule has 1 aromatic rings.